The van der Waals surface area contributed by atoms with Gasteiger partial charge >= 0.3 is 0 Å². The number of rotatable bonds is 5. The number of amides is 1. The number of sulfonamides is 1. The topological polar surface area (TPSA) is 114 Å². The summed E-state index contributed by atoms with van der Waals surface area (Å²) in [7, 11) is -1.88. The number of hydrogen-bond acceptors (Lipinski definition) is 5. The molecule has 1 rings (SSSR count). The minimum Gasteiger partial charge on any atom is -0.373 e. The Hall–Kier alpha value is -1.67. The lowest BCUT2D eigenvalue weighted by atomic mass is 10.3. The van der Waals surface area contributed by atoms with Gasteiger partial charge in [0.1, 0.15) is 11.5 Å². The van der Waals surface area contributed by atoms with Crippen molar-refractivity contribution in [3.8, 4) is 0 Å². The molecule has 7 nitrogen and oxygen atoms in total. The second kappa shape index (κ2) is 5.60. The Labute approximate surface area is 99.5 Å². The van der Waals surface area contributed by atoms with Crippen molar-refractivity contribution in [1.82, 2.24) is 10.3 Å². The second-order valence-corrected chi connectivity index (χ2v) is 5.01. The fraction of sp³-hybridized carbons (Fsp3) is 0.333. The minimum absolute atomic E-state index is 0.0386. The number of carbonyl (C=O) groups is 1. The summed E-state index contributed by atoms with van der Waals surface area (Å²) in [5.41, 5.74) is 0.214. The SMILES string of the molecule is CNc1cccc(C(=O)NCCS(N)(=O)=O)n1. The standard InChI is InChI=1S/C9H14N4O3S/c1-11-8-4-2-3-7(13-8)9(14)12-5-6-17(10,15)16/h2-4H,5-6H2,1H3,(H,11,13)(H,12,14)(H2,10,15,16). The van der Waals surface area contributed by atoms with E-state index < -0.39 is 15.9 Å². The molecule has 1 heterocycles. The molecular weight excluding hydrogens is 244 g/mol. The molecule has 8 heteroatoms. The Morgan fingerprint density at radius 3 is 2.76 bits per heavy atom. The zero-order chi connectivity index (χ0) is 12.9. The van der Waals surface area contributed by atoms with Gasteiger partial charge in [-0.05, 0) is 12.1 Å². The molecule has 0 radical (unpaired) electrons. The van der Waals surface area contributed by atoms with E-state index in [9.17, 15) is 13.2 Å². The third-order valence-corrected chi connectivity index (χ3v) is 2.68. The average Bonchev–Trinajstić information content (AvgIpc) is 2.27. The molecular formula is C9H14N4O3S. The van der Waals surface area contributed by atoms with Crippen LogP contribution in [0.1, 0.15) is 10.5 Å². The van der Waals surface area contributed by atoms with Gasteiger partial charge in [0.2, 0.25) is 10.0 Å². The van der Waals surface area contributed by atoms with E-state index in [1.807, 2.05) is 0 Å². The van der Waals surface area contributed by atoms with E-state index >= 15 is 0 Å². The predicted octanol–water partition coefficient (Wildman–Crippen LogP) is -0.858. The van der Waals surface area contributed by atoms with Gasteiger partial charge in [-0.3, -0.25) is 4.79 Å². The number of nitrogens with two attached hydrogens (primary N) is 1. The largest absolute Gasteiger partial charge is 0.373 e. The summed E-state index contributed by atoms with van der Waals surface area (Å²) in [6.07, 6.45) is 0. The first kappa shape index (κ1) is 13.4. The first-order chi connectivity index (χ1) is 7.92. The first-order valence-corrected chi connectivity index (χ1v) is 6.57. The van der Waals surface area contributed by atoms with E-state index in [2.05, 4.69) is 15.6 Å². The summed E-state index contributed by atoms with van der Waals surface area (Å²) in [6, 6.07) is 4.92. The molecule has 0 atom stereocenters. The van der Waals surface area contributed by atoms with Crippen molar-refractivity contribution >= 4 is 21.7 Å². The van der Waals surface area contributed by atoms with Crippen molar-refractivity contribution in [2.75, 3.05) is 24.7 Å². The lowest BCUT2D eigenvalue weighted by Gasteiger charge is -2.05. The summed E-state index contributed by atoms with van der Waals surface area (Å²) in [6.45, 7) is -0.0386. The highest BCUT2D eigenvalue weighted by Crippen LogP contribution is 2.03. The smallest absolute Gasteiger partial charge is 0.269 e. The van der Waals surface area contributed by atoms with Crippen LogP contribution in [-0.2, 0) is 10.0 Å². The van der Waals surface area contributed by atoms with Crippen LogP contribution in [-0.4, -0.2) is 38.7 Å². The van der Waals surface area contributed by atoms with Gasteiger partial charge < -0.3 is 10.6 Å². The van der Waals surface area contributed by atoms with Crippen molar-refractivity contribution < 1.29 is 13.2 Å². The summed E-state index contributed by atoms with van der Waals surface area (Å²) in [5.74, 6) is -0.181. The number of pyridine rings is 1. The molecule has 0 aliphatic carbocycles. The van der Waals surface area contributed by atoms with E-state index in [1.165, 1.54) is 6.07 Å². The molecule has 17 heavy (non-hydrogen) atoms. The molecule has 0 saturated carbocycles. The maximum absolute atomic E-state index is 11.6. The minimum atomic E-state index is -3.56. The highest BCUT2D eigenvalue weighted by Gasteiger charge is 2.09. The van der Waals surface area contributed by atoms with Gasteiger partial charge in [0, 0.05) is 13.6 Å². The zero-order valence-corrected chi connectivity index (χ0v) is 10.1. The summed E-state index contributed by atoms with van der Waals surface area (Å²) in [4.78, 5) is 15.6. The second-order valence-electron chi connectivity index (χ2n) is 3.28. The molecule has 0 bridgehead atoms. The normalized spacial score (nSPS) is 10.9. The van der Waals surface area contributed by atoms with Crippen LogP contribution in [0.3, 0.4) is 0 Å². The monoisotopic (exact) mass is 258 g/mol. The van der Waals surface area contributed by atoms with Crippen LogP contribution >= 0.6 is 0 Å². The average molecular weight is 258 g/mol. The molecule has 0 aliphatic heterocycles. The molecule has 0 aromatic carbocycles. The van der Waals surface area contributed by atoms with Crippen molar-refractivity contribution in [2.24, 2.45) is 5.14 Å². The Morgan fingerprint density at radius 1 is 1.47 bits per heavy atom. The third-order valence-electron chi connectivity index (χ3n) is 1.91. The number of primary sulfonamides is 1. The molecule has 0 fully saturated rings. The summed E-state index contributed by atoms with van der Waals surface area (Å²) < 4.78 is 21.3. The van der Waals surface area contributed by atoms with Crippen LogP contribution in [0.4, 0.5) is 5.82 Å². The van der Waals surface area contributed by atoms with Crippen LogP contribution in [0.2, 0.25) is 0 Å². The molecule has 0 aliphatic rings. The van der Waals surface area contributed by atoms with Gasteiger partial charge in [-0.1, -0.05) is 6.07 Å². The van der Waals surface area contributed by atoms with Crippen LogP contribution in [0.5, 0.6) is 0 Å². The van der Waals surface area contributed by atoms with E-state index in [4.69, 9.17) is 5.14 Å². The van der Waals surface area contributed by atoms with Gasteiger partial charge in [0.25, 0.3) is 5.91 Å². The van der Waals surface area contributed by atoms with Gasteiger partial charge in [0.05, 0.1) is 5.75 Å². The number of nitrogens with one attached hydrogen (secondary N) is 2. The van der Waals surface area contributed by atoms with E-state index in [-0.39, 0.29) is 18.0 Å². The number of nitrogens with zero attached hydrogens (tertiary/aromatic N) is 1. The summed E-state index contributed by atoms with van der Waals surface area (Å²) in [5, 5.41) is 10.0. The number of anilines is 1. The molecule has 4 N–H and O–H groups in total. The third kappa shape index (κ3) is 4.79. The lowest BCUT2D eigenvalue weighted by molar-refractivity contribution is 0.0951. The van der Waals surface area contributed by atoms with Crippen molar-refractivity contribution in [2.45, 2.75) is 0 Å². The van der Waals surface area contributed by atoms with E-state index in [0.717, 1.165) is 0 Å². The number of hydrogen-bond donors (Lipinski definition) is 3. The van der Waals surface area contributed by atoms with Crippen molar-refractivity contribution in [1.29, 1.82) is 0 Å². The van der Waals surface area contributed by atoms with Gasteiger partial charge in [-0.25, -0.2) is 18.5 Å². The maximum atomic E-state index is 11.6. The fourth-order valence-corrected chi connectivity index (χ4v) is 1.48. The van der Waals surface area contributed by atoms with Gasteiger partial charge in [-0.2, -0.15) is 0 Å². The molecule has 94 valence electrons. The fourth-order valence-electron chi connectivity index (χ4n) is 1.10. The maximum Gasteiger partial charge on any atom is 0.269 e. The Kier molecular flexibility index (Phi) is 4.41. The van der Waals surface area contributed by atoms with E-state index in [1.54, 1.807) is 19.2 Å². The van der Waals surface area contributed by atoms with Crippen LogP contribution in [0.25, 0.3) is 0 Å². The Balaban J connectivity index is 2.58. The van der Waals surface area contributed by atoms with Crippen molar-refractivity contribution in [3.63, 3.8) is 0 Å². The molecule has 1 amide bonds. The predicted molar refractivity (Wildman–Crippen MR) is 64.1 cm³/mol. The molecule has 1 aromatic rings. The van der Waals surface area contributed by atoms with Gasteiger partial charge in [-0.15, -0.1) is 0 Å². The van der Waals surface area contributed by atoms with Crippen LogP contribution < -0.4 is 15.8 Å². The molecule has 0 spiro atoms. The lowest BCUT2D eigenvalue weighted by Crippen LogP contribution is -2.31. The summed E-state index contributed by atoms with van der Waals surface area (Å²) >= 11 is 0. The highest BCUT2D eigenvalue weighted by molar-refractivity contribution is 7.89. The Morgan fingerprint density at radius 2 is 2.18 bits per heavy atom. The van der Waals surface area contributed by atoms with E-state index in [0.29, 0.717) is 5.82 Å². The number of aromatic nitrogens is 1. The molecule has 1 aromatic heterocycles. The highest BCUT2D eigenvalue weighted by atomic mass is 32.2. The number of carbonyl (C=O) groups excluding carboxylic acids is 1. The zero-order valence-electron chi connectivity index (χ0n) is 9.30. The first-order valence-electron chi connectivity index (χ1n) is 4.86. The molecule has 0 saturated heterocycles. The molecule has 0 unspecified atom stereocenters. The van der Waals surface area contributed by atoms with Crippen molar-refractivity contribution in [3.05, 3.63) is 23.9 Å². The van der Waals surface area contributed by atoms with Crippen LogP contribution in [0, 0.1) is 0 Å². The quantitative estimate of drug-likeness (QED) is 0.636. The Bertz CT molecular complexity index is 501. The van der Waals surface area contributed by atoms with Gasteiger partial charge in [0.15, 0.2) is 0 Å². The van der Waals surface area contributed by atoms with Crippen LogP contribution in [0.15, 0.2) is 18.2 Å².